The van der Waals surface area contributed by atoms with Crippen LogP contribution in [0.25, 0.3) is 0 Å². The van der Waals surface area contributed by atoms with Crippen molar-refractivity contribution >= 4 is 83.0 Å². The van der Waals surface area contributed by atoms with Gasteiger partial charge in [-0.25, -0.2) is 0 Å². The van der Waals surface area contributed by atoms with Gasteiger partial charge in [0, 0.05) is 86.8 Å². The molecule has 0 amide bonds. The van der Waals surface area contributed by atoms with Crippen LogP contribution >= 0.6 is 0 Å². The van der Waals surface area contributed by atoms with Crippen LogP contribution in [0.1, 0.15) is 27.7 Å². The molecule has 0 aliphatic rings. The van der Waals surface area contributed by atoms with Gasteiger partial charge in [-0.05, 0) is 0 Å². The molecular formula is C10H20Na2O8. The SMILES string of the molecule is C=C.CC(=O)O.CC(=O)O.CC(=O)O.CC(=O)O.[Na].[Na]. The molecule has 0 rings (SSSR count). The third kappa shape index (κ3) is 33700. The standard InChI is InChI=1S/4C2H4O2.C2H4.2Na/c4*1-2(3)4;1-2;;/h4*1H3,(H,3,4);1-2H2;;. The van der Waals surface area contributed by atoms with Gasteiger partial charge in [-0.15, -0.1) is 13.2 Å². The molecule has 0 aromatic carbocycles. The third-order valence-electron chi connectivity index (χ3n) is 0. The van der Waals surface area contributed by atoms with Crippen molar-refractivity contribution in [3.05, 3.63) is 13.2 Å². The van der Waals surface area contributed by atoms with Gasteiger partial charge in [0.1, 0.15) is 0 Å². The molecule has 0 atom stereocenters. The van der Waals surface area contributed by atoms with Crippen molar-refractivity contribution in [2.75, 3.05) is 0 Å². The Kier molecular flexibility index (Phi) is 91.4. The number of carbonyl (C=O) groups is 4. The van der Waals surface area contributed by atoms with Crippen LogP contribution < -0.4 is 0 Å². The van der Waals surface area contributed by atoms with Gasteiger partial charge in [0.15, 0.2) is 0 Å². The summed E-state index contributed by atoms with van der Waals surface area (Å²) in [7, 11) is 0. The summed E-state index contributed by atoms with van der Waals surface area (Å²) in [4.78, 5) is 36.0. The molecule has 0 aromatic heterocycles. The molecule has 0 aliphatic heterocycles. The van der Waals surface area contributed by atoms with Gasteiger partial charge in [0.25, 0.3) is 23.9 Å². The molecule has 0 saturated heterocycles. The van der Waals surface area contributed by atoms with Crippen molar-refractivity contribution < 1.29 is 39.6 Å². The van der Waals surface area contributed by atoms with E-state index in [1.165, 1.54) is 0 Å². The number of hydrogen-bond donors (Lipinski definition) is 4. The first-order chi connectivity index (χ1) is 7.93. The quantitative estimate of drug-likeness (QED) is 0.371. The average molecular weight is 314 g/mol. The molecule has 0 unspecified atom stereocenters. The summed E-state index contributed by atoms with van der Waals surface area (Å²) in [5.41, 5.74) is 0. The first kappa shape index (κ1) is 42.7. The first-order valence-electron chi connectivity index (χ1n) is 4.21. The number of carboxylic acids is 4. The third-order valence-corrected chi connectivity index (χ3v) is 0. The molecule has 0 aliphatic carbocycles. The van der Waals surface area contributed by atoms with Crippen LogP contribution in [0.3, 0.4) is 0 Å². The van der Waals surface area contributed by atoms with Crippen molar-refractivity contribution in [2.45, 2.75) is 27.7 Å². The zero-order valence-corrected chi connectivity index (χ0v) is 16.8. The van der Waals surface area contributed by atoms with Gasteiger partial charge in [0.05, 0.1) is 0 Å². The topological polar surface area (TPSA) is 149 Å². The number of hydrogen-bond acceptors (Lipinski definition) is 4. The molecule has 0 heterocycles. The maximum atomic E-state index is 9.00. The second-order valence-electron chi connectivity index (χ2n) is 2.08. The molecule has 0 spiro atoms. The molecule has 110 valence electrons. The fraction of sp³-hybridized carbons (Fsp3) is 0.400. The van der Waals surface area contributed by atoms with Crippen molar-refractivity contribution in [1.82, 2.24) is 0 Å². The van der Waals surface area contributed by atoms with E-state index in [0.29, 0.717) is 0 Å². The van der Waals surface area contributed by atoms with Gasteiger partial charge < -0.3 is 20.4 Å². The van der Waals surface area contributed by atoms with E-state index >= 15 is 0 Å². The molecule has 10 heteroatoms. The minimum Gasteiger partial charge on any atom is -0.481 e. The smallest absolute Gasteiger partial charge is 0.300 e. The van der Waals surface area contributed by atoms with E-state index in [2.05, 4.69) is 13.2 Å². The predicted octanol–water partition coefficient (Wildman–Crippen LogP) is 0.404. The van der Waals surface area contributed by atoms with E-state index in [-0.39, 0.29) is 59.1 Å². The Balaban J connectivity index is -0.0000000209. The summed E-state index contributed by atoms with van der Waals surface area (Å²) < 4.78 is 0. The Labute approximate surface area is 162 Å². The summed E-state index contributed by atoms with van der Waals surface area (Å²) in [6, 6.07) is 0. The molecule has 2 radical (unpaired) electrons. The molecule has 0 saturated carbocycles. The Morgan fingerprint density at radius 2 is 0.550 bits per heavy atom. The predicted molar refractivity (Wildman–Crippen MR) is 76.0 cm³/mol. The average Bonchev–Trinajstić information content (AvgIpc) is 2.01. The van der Waals surface area contributed by atoms with E-state index in [1.54, 1.807) is 0 Å². The van der Waals surface area contributed by atoms with E-state index in [0.717, 1.165) is 27.7 Å². The number of aliphatic carboxylic acids is 4. The normalized spacial score (nSPS) is 5.20. The summed E-state index contributed by atoms with van der Waals surface area (Å²) in [6.07, 6.45) is 0. The second kappa shape index (κ2) is 42.8. The monoisotopic (exact) mass is 314 g/mol. The summed E-state index contributed by atoms with van der Waals surface area (Å²) in [6.45, 7) is 10.3. The van der Waals surface area contributed by atoms with Crippen LogP contribution in [0.5, 0.6) is 0 Å². The Bertz CT molecular complexity index is 179. The van der Waals surface area contributed by atoms with Crippen LogP contribution in [0, 0.1) is 0 Å². The maximum absolute atomic E-state index is 9.00. The Morgan fingerprint density at radius 1 is 0.550 bits per heavy atom. The summed E-state index contributed by atoms with van der Waals surface area (Å²) in [5.74, 6) is -3.33. The van der Waals surface area contributed by atoms with Crippen LogP contribution in [0.4, 0.5) is 0 Å². The second-order valence-corrected chi connectivity index (χ2v) is 2.08. The van der Waals surface area contributed by atoms with E-state index in [1.807, 2.05) is 0 Å². The van der Waals surface area contributed by atoms with Crippen molar-refractivity contribution in [2.24, 2.45) is 0 Å². The molecule has 20 heavy (non-hydrogen) atoms. The van der Waals surface area contributed by atoms with Gasteiger partial charge in [-0.3, -0.25) is 19.2 Å². The Hall–Kier alpha value is -0.380. The van der Waals surface area contributed by atoms with Gasteiger partial charge >= 0.3 is 0 Å². The summed E-state index contributed by atoms with van der Waals surface area (Å²) in [5, 5.41) is 29.7. The zero-order chi connectivity index (χ0) is 16.3. The van der Waals surface area contributed by atoms with Gasteiger partial charge in [-0.2, -0.15) is 0 Å². The molecule has 0 aromatic rings. The van der Waals surface area contributed by atoms with E-state index in [9.17, 15) is 0 Å². The zero-order valence-electron chi connectivity index (χ0n) is 12.8. The van der Waals surface area contributed by atoms with Crippen molar-refractivity contribution in [3.63, 3.8) is 0 Å². The number of carboxylic acid groups (broad SMARTS) is 4. The number of rotatable bonds is 0. The fourth-order valence-corrected chi connectivity index (χ4v) is 0. The summed E-state index contributed by atoms with van der Waals surface area (Å²) >= 11 is 0. The molecular weight excluding hydrogens is 294 g/mol. The van der Waals surface area contributed by atoms with Crippen LogP contribution in [0.15, 0.2) is 13.2 Å². The molecule has 0 bridgehead atoms. The first-order valence-corrected chi connectivity index (χ1v) is 4.21. The molecule has 0 fully saturated rings. The van der Waals surface area contributed by atoms with E-state index in [4.69, 9.17) is 39.6 Å². The fourth-order valence-electron chi connectivity index (χ4n) is 0. The maximum Gasteiger partial charge on any atom is 0.300 e. The van der Waals surface area contributed by atoms with Crippen LogP contribution in [0.2, 0.25) is 0 Å². The Morgan fingerprint density at radius 3 is 0.550 bits per heavy atom. The van der Waals surface area contributed by atoms with Gasteiger partial charge in [0.2, 0.25) is 0 Å². The minimum absolute atomic E-state index is 0. The molecule has 8 nitrogen and oxygen atoms in total. The van der Waals surface area contributed by atoms with Crippen molar-refractivity contribution in [1.29, 1.82) is 0 Å². The van der Waals surface area contributed by atoms with Crippen molar-refractivity contribution in [3.8, 4) is 0 Å². The van der Waals surface area contributed by atoms with Crippen LogP contribution in [-0.2, 0) is 19.2 Å². The van der Waals surface area contributed by atoms with Gasteiger partial charge in [-0.1, -0.05) is 0 Å². The molecule has 4 N–H and O–H groups in total. The largest absolute Gasteiger partial charge is 0.481 e. The minimum atomic E-state index is -0.833. The van der Waals surface area contributed by atoms with E-state index < -0.39 is 23.9 Å². The van der Waals surface area contributed by atoms with Crippen LogP contribution in [-0.4, -0.2) is 103 Å².